The Labute approximate surface area is 125 Å². The number of carbonyl (C=O) groups is 2. The van der Waals surface area contributed by atoms with Gasteiger partial charge in [0.2, 0.25) is 0 Å². The number of hydrogen-bond donors (Lipinski definition) is 1. The minimum absolute atomic E-state index is 0.0568. The van der Waals surface area contributed by atoms with Gasteiger partial charge in [0.05, 0.1) is 17.8 Å². The van der Waals surface area contributed by atoms with Crippen LogP contribution in [0.5, 0.6) is 5.75 Å². The van der Waals surface area contributed by atoms with E-state index in [9.17, 15) is 14.0 Å². The maximum Gasteiger partial charge on any atom is 0.335 e. The average molecular weight is 301 g/mol. The van der Waals surface area contributed by atoms with Crippen molar-refractivity contribution < 1.29 is 23.8 Å². The summed E-state index contributed by atoms with van der Waals surface area (Å²) in [6.07, 6.45) is 0. The Morgan fingerprint density at radius 2 is 2.09 bits per heavy atom. The van der Waals surface area contributed by atoms with Crippen molar-refractivity contribution in [1.29, 1.82) is 0 Å². The molecule has 0 spiro atoms. The van der Waals surface area contributed by atoms with Gasteiger partial charge in [0, 0.05) is 0 Å². The Kier molecular flexibility index (Phi) is 3.50. The van der Waals surface area contributed by atoms with E-state index in [1.807, 2.05) is 0 Å². The summed E-state index contributed by atoms with van der Waals surface area (Å²) in [5, 5.41) is 9.07. The summed E-state index contributed by atoms with van der Waals surface area (Å²) in [7, 11) is 0. The van der Waals surface area contributed by atoms with Gasteiger partial charge in [-0.25, -0.2) is 9.18 Å². The molecule has 0 aromatic heterocycles. The molecule has 5 nitrogen and oxygen atoms in total. The first kappa shape index (κ1) is 14.1. The van der Waals surface area contributed by atoms with Crippen LogP contribution in [-0.2, 0) is 11.3 Å². The van der Waals surface area contributed by atoms with Gasteiger partial charge in [0.1, 0.15) is 11.6 Å². The largest absolute Gasteiger partial charge is 0.482 e. The molecule has 0 bridgehead atoms. The average Bonchev–Trinajstić information content (AvgIpc) is 2.49. The van der Waals surface area contributed by atoms with Crippen LogP contribution in [0.3, 0.4) is 0 Å². The highest BCUT2D eigenvalue weighted by Crippen LogP contribution is 2.34. The van der Waals surface area contributed by atoms with Gasteiger partial charge < -0.3 is 14.7 Å². The van der Waals surface area contributed by atoms with Gasteiger partial charge in [0.25, 0.3) is 5.91 Å². The van der Waals surface area contributed by atoms with Crippen LogP contribution in [0.15, 0.2) is 42.5 Å². The summed E-state index contributed by atoms with van der Waals surface area (Å²) in [4.78, 5) is 24.6. The highest BCUT2D eigenvalue weighted by Gasteiger charge is 2.26. The first-order valence-corrected chi connectivity index (χ1v) is 6.59. The fourth-order valence-corrected chi connectivity index (χ4v) is 2.33. The molecule has 1 aliphatic heterocycles. The molecule has 0 fully saturated rings. The molecular formula is C16H12FNO4. The molecule has 1 aliphatic rings. The lowest BCUT2D eigenvalue weighted by Gasteiger charge is -2.29. The predicted octanol–water partition coefficient (Wildman–Crippen LogP) is 2.45. The molecule has 3 rings (SSSR count). The van der Waals surface area contributed by atoms with Gasteiger partial charge >= 0.3 is 5.97 Å². The Morgan fingerprint density at radius 1 is 1.27 bits per heavy atom. The molecular weight excluding hydrogens is 289 g/mol. The predicted molar refractivity (Wildman–Crippen MR) is 76.5 cm³/mol. The van der Waals surface area contributed by atoms with Crippen molar-refractivity contribution >= 4 is 17.6 Å². The van der Waals surface area contributed by atoms with Gasteiger partial charge in [0.15, 0.2) is 6.61 Å². The lowest BCUT2D eigenvalue weighted by molar-refractivity contribution is -0.121. The van der Waals surface area contributed by atoms with Crippen LogP contribution in [0.25, 0.3) is 0 Å². The summed E-state index contributed by atoms with van der Waals surface area (Å²) >= 11 is 0. The first-order chi connectivity index (χ1) is 10.5. The van der Waals surface area contributed by atoms with Gasteiger partial charge in [-0.2, -0.15) is 0 Å². The molecule has 1 N–H and O–H groups in total. The molecule has 0 radical (unpaired) electrons. The molecule has 2 aromatic carbocycles. The van der Waals surface area contributed by atoms with Gasteiger partial charge in [-0.15, -0.1) is 0 Å². The monoisotopic (exact) mass is 301 g/mol. The Balaban J connectivity index is 1.99. The third kappa shape index (κ3) is 2.63. The standard InChI is InChI=1S/C16H12FNO4/c17-12-3-1-2-10(6-12)8-18-13-7-11(16(20)21)4-5-14(13)22-9-15(18)19/h1-7H,8-9H2,(H,20,21). The van der Waals surface area contributed by atoms with E-state index >= 15 is 0 Å². The van der Waals surface area contributed by atoms with E-state index in [-0.39, 0.29) is 24.6 Å². The molecule has 22 heavy (non-hydrogen) atoms. The summed E-state index contributed by atoms with van der Waals surface area (Å²) < 4.78 is 18.6. The van der Waals surface area contributed by atoms with E-state index in [1.54, 1.807) is 12.1 Å². The SMILES string of the molecule is O=C(O)c1ccc2c(c1)N(Cc1cccc(F)c1)C(=O)CO2. The van der Waals surface area contributed by atoms with Gasteiger partial charge in [-0.05, 0) is 35.9 Å². The van der Waals surface area contributed by atoms with Crippen LogP contribution < -0.4 is 9.64 Å². The van der Waals surface area contributed by atoms with Crippen molar-refractivity contribution in [3.8, 4) is 5.75 Å². The van der Waals surface area contributed by atoms with E-state index in [0.717, 1.165) is 0 Å². The smallest absolute Gasteiger partial charge is 0.335 e. The Bertz CT molecular complexity index is 760. The van der Waals surface area contributed by atoms with Crippen LogP contribution in [0.1, 0.15) is 15.9 Å². The number of carboxylic acid groups (broad SMARTS) is 1. The number of ether oxygens (including phenoxy) is 1. The number of anilines is 1. The molecule has 0 aliphatic carbocycles. The lowest BCUT2D eigenvalue weighted by Crippen LogP contribution is -2.38. The molecule has 1 amide bonds. The third-order valence-corrected chi connectivity index (χ3v) is 3.38. The zero-order valence-corrected chi connectivity index (χ0v) is 11.5. The van der Waals surface area contributed by atoms with Crippen molar-refractivity contribution in [2.75, 3.05) is 11.5 Å². The van der Waals surface area contributed by atoms with Crippen LogP contribution in [0.2, 0.25) is 0 Å². The first-order valence-electron chi connectivity index (χ1n) is 6.59. The van der Waals surface area contributed by atoms with Crippen molar-refractivity contribution in [3.63, 3.8) is 0 Å². The molecule has 1 heterocycles. The van der Waals surface area contributed by atoms with Crippen molar-refractivity contribution in [2.45, 2.75) is 6.54 Å². The van der Waals surface area contributed by atoms with E-state index in [1.165, 1.54) is 35.2 Å². The second kappa shape index (κ2) is 5.48. The normalized spacial score (nSPS) is 13.5. The number of fused-ring (bicyclic) bond motifs is 1. The molecule has 0 saturated carbocycles. The Hall–Kier alpha value is -2.89. The van der Waals surface area contributed by atoms with Crippen molar-refractivity contribution in [2.24, 2.45) is 0 Å². The number of benzene rings is 2. The lowest BCUT2D eigenvalue weighted by atomic mass is 10.1. The van der Waals surface area contributed by atoms with Crippen LogP contribution >= 0.6 is 0 Å². The summed E-state index contributed by atoms with van der Waals surface area (Å²) in [6, 6.07) is 10.2. The topological polar surface area (TPSA) is 66.8 Å². The minimum Gasteiger partial charge on any atom is -0.482 e. The van der Waals surface area contributed by atoms with Gasteiger partial charge in [-0.1, -0.05) is 12.1 Å². The molecule has 2 aromatic rings. The molecule has 112 valence electrons. The molecule has 6 heteroatoms. The van der Waals surface area contributed by atoms with E-state index < -0.39 is 11.8 Å². The Morgan fingerprint density at radius 3 is 2.82 bits per heavy atom. The van der Waals surface area contributed by atoms with Gasteiger partial charge in [-0.3, -0.25) is 4.79 Å². The quantitative estimate of drug-likeness (QED) is 0.945. The fourth-order valence-electron chi connectivity index (χ4n) is 2.33. The number of amides is 1. The number of rotatable bonds is 3. The molecule has 0 atom stereocenters. The highest BCUT2D eigenvalue weighted by atomic mass is 19.1. The second-order valence-corrected chi connectivity index (χ2v) is 4.89. The van der Waals surface area contributed by atoms with Crippen LogP contribution in [0, 0.1) is 5.82 Å². The summed E-state index contributed by atoms with van der Waals surface area (Å²) in [5.41, 5.74) is 1.05. The maximum atomic E-state index is 13.3. The third-order valence-electron chi connectivity index (χ3n) is 3.38. The van der Waals surface area contributed by atoms with Crippen molar-refractivity contribution in [3.05, 3.63) is 59.4 Å². The summed E-state index contributed by atoms with van der Waals surface area (Å²) in [5.74, 6) is -1.36. The molecule has 0 unspecified atom stereocenters. The second-order valence-electron chi connectivity index (χ2n) is 4.89. The number of carbonyl (C=O) groups excluding carboxylic acids is 1. The zero-order valence-electron chi connectivity index (χ0n) is 11.5. The fraction of sp³-hybridized carbons (Fsp3) is 0.125. The maximum absolute atomic E-state index is 13.3. The molecule has 0 saturated heterocycles. The number of aromatic carboxylic acids is 1. The zero-order chi connectivity index (χ0) is 15.7. The minimum atomic E-state index is -1.09. The van der Waals surface area contributed by atoms with Crippen LogP contribution in [0.4, 0.5) is 10.1 Å². The van der Waals surface area contributed by atoms with E-state index in [4.69, 9.17) is 9.84 Å². The van der Waals surface area contributed by atoms with Crippen LogP contribution in [-0.4, -0.2) is 23.6 Å². The van der Waals surface area contributed by atoms with Crippen molar-refractivity contribution in [1.82, 2.24) is 0 Å². The number of nitrogens with zero attached hydrogens (tertiary/aromatic N) is 1. The number of halogens is 1. The number of carboxylic acids is 1. The highest BCUT2D eigenvalue weighted by molar-refractivity contribution is 5.99. The number of hydrogen-bond acceptors (Lipinski definition) is 3. The van der Waals surface area contributed by atoms with E-state index in [0.29, 0.717) is 17.0 Å². The summed E-state index contributed by atoms with van der Waals surface area (Å²) in [6.45, 7) is 0.0186. The van der Waals surface area contributed by atoms with E-state index in [2.05, 4.69) is 0 Å².